The maximum absolute atomic E-state index is 11.9. The SMILES string of the molecule is O=C(Cl)C(Cc1ccccc1)NC(=O)C1CCCO1. The molecule has 0 radical (unpaired) electrons. The van der Waals surface area contributed by atoms with E-state index in [1.165, 1.54) is 0 Å². The predicted molar refractivity (Wildman–Crippen MR) is 71.9 cm³/mol. The highest BCUT2D eigenvalue weighted by Gasteiger charge is 2.27. The van der Waals surface area contributed by atoms with E-state index in [0.29, 0.717) is 19.4 Å². The van der Waals surface area contributed by atoms with E-state index < -0.39 is 17.4 Å². The van der Waals surface area contributed by atoms with Gasteiger partial charge in [0.25, 0.3) is 0 Å². The third-order valence-electron chi connectivity index (χ3n) is 3.10. The number of carbonyl (C=O) groups excluding carboxylic acids is 2. The maximum atomic E-state index is 11.9. The molecule has 0 aromatic heterocycles. The summed E-state index contributed by atoms with van der Waals surface area (Å²) in [5, 5.41) is 2.10. The van der Waals surface area contributed by atoms with Gasteiger partial charge in [0.05, 0.1) is 0 Å². The van der Waals surface area contributed by atoms with Gasteiger partial charge in [0.2, 0.25) is 11.1 Å². The fourth-order valence-electron chi connectivity index (χ4n) is 2.09. The van der Waals surface area contributed by atoms with Crippen LogP contribution in [-0.4, -0.2) is 29.9 Å². The minimum atomic E-state index is -0.708. The summed E-state index contributed by atoms with van der Waals surface area (Å²) >= 11 is 5.55. The van der Waals surface area contributed by atoms with Crippen LogP contribution in [0.5, 0.6) is 0 Å². The number of hydrogen-bond donors (Lipinski definition) is 1. The van der Waals surface area contributed by atoms with E-state index in [2.05, 4.69) is 5.32 Å². The van der Waals surface area contributed by atoms with E-state index >= 15 is 0 Å². The topological polar surface area (TPSA) is 55.4 Å². The number of nitrogens with one attached hydrogen (secondary N) is 1. The van der Waals surface area contributed by atoms with Crippen LogP contribution < -0.4 is 5.32 Å². The minimum Gasteiger partial charge on any atom is -0.368 e. The van der Waals surface area contributed by atoms with Crippen LogP contribution in [0.3, 0.4) is 0 Å². The monoisotopic (exact) mass is 281 g/mol. The molecule has 1 aromatic rings. The van der Waals surface area contributed by atoms with Crippen LogP contribution in [0.2, 0.25) is 0 Å². The van der Waals surface area contributed by atoms with Crippen molar-refractivity contribution >= 4 is 22.8 Å². The number of amides is 1. The Morgan fingerprint density at radius 3 is 2.68 bits per heavy atom. The Morgan fingerprint density at radius 1 is 1.37 bits per heavy atom. The van der Waals surface area contributed by atoms with E-state index in [1.807, 2.05) is 30.3 Å². The van der Waals surface area contributed by atoms with E-state index in [1.54, 1.807) is 0 Å². The van der Waals surface area contributed by atoms with Gasteiger partial charge in [-0.3, -0.25) is 9.59 Å². The smallest absolute Gasteiger partial charge is 0.249 e. The zero-order chi connectivity index (χ0) is 13.7. The Hall–Kier alpha value is -1.39. The van der Waals surface area contributed by atoms with Gasteiger partial charge in [0.15, 0.2) is 0 Å². The lowest BCUT2D eigenvalue weighted by molar-refractivity contribution is -0.132. The van der Waals surface area contributed by atoms with E-state index in [0.717, 1.165) is 12.0 Å². The highest BCUT2D eigenvalue weighted by atomic mass is 35.5. The van der Waals surface area contributed by atoms with Gasteiger partial charge in [0.1, 0.15) is 12.1 Å². The lowest BCUT2D eigenvalue weighted by Crippen LogP contribution is -2.45. The number of rotatable bonds is 5. The molecule has 2 atom stereocenters. The fourth-order valence-corrected chi connectivity index (χ4v) is 2.22. The van der Waals surface area contributed by atoms with E-state index in [9.17, 15) is 9.59 Å². The molecule has 1 N–H and O–H groups in total. The van der Waals surface area contributed by atoms with Crippen molar-refractivity contribution in [1.82, 2.24) is 5.32 Å². The van der Waals surface area contributed by atoms with Gasteiger partial charge in [-0.2, -0.15) is 0 Å². The zero-order valence-electron chi connectivity index (χ0n) is 10.5. The predicted octanol–water partition coefficient (Wildman–Crippen LogP) is 1.66. The number of benzene rings is 1. The molecule has 1 heterocycles. The molecule has 4 nitrogen and oxygen atoms in total. The molecule has 0 bridgehead atoms. The molecule has 1 aliphatic heterocycles. The van der Waals surface area contributed by atoms with Gasteiger partial charge >= 0.3 is 0 Å². The van der Waals surface area contributed by atoms with Crippen LogP contribution in [-0.2, 0) is 20.7 Å². The molecule has 2 unspecified atom stereocenters. The standard InChI is InChI=1S/C14H16ClNO3/c15-13(17)11(9-10-5-2-1-3-6-10)16-14(18)12-7-4-8-19-12/h1-3,5-6,11-12H,4,7-9H2,(H,16,18). The van der Waals surface area contributed by atoms with Crippen molar-refractivity contribution < 1.29 is 14.3 Å². The lowest BCUT2D eigenvalue weighted by atomic mass is 10.1. The van der Waals surface area contributed by atoms with Crippen LogP contribution in [0, 0.1) is 0 Å². The minimum absolute atomic E-state index is 0.257. The molecule has 2 rings (SSSR count). The summed E-state index contributed by atoms with van der Waals surface area (Å²) in [5.41, 5.74) is 0.953. The van der Waals surface area contributed by atoms with Crippen molar-refractivity contribution in [3.05, 3.63) is 35.9 Å². The van der Waals surface area contributed by atoms with Crippen LogP contribution >= 0.6 is 11.6 Å². The summed E-state index contributed by atoms with van der Waals surface area (Å²) in [6.45, 7) is 0.594. The summed E-state index contributed by atoms with van der Waals surface area (Å²) in [6.07, 6.45) is 1.51. The van der Waals surface area contributed by atoms with Gasteiger partial charge in [-0.15, -0.1) is 0 Å². The largest absolute Gasteiger partial charge is 0.368 e. The second-order valence-electron chi connectivity index (χ2n) is 4.56. The third kappa shape index (κ3) is 4.04. The normalized spacial score (nSPS) is 19.9. The molecule has 1 amide bonds. The first-order valence-electron chi connectivity index (χ1n) is 6.32. The molecule has 19 heavy (non-hydrogen) atoms. The van der Waals surface area contributed by atoms with Crippen molar-refractivity contribution in [1.29, 1.82) is 0 Å². The molecule has 1 saturated heterocycles. The molecule has 1 fully saturated rings. The number of halogens is 1. The Kier molecular flexibility index (Phi) is 4.93. The molecule has 0 spiro atoms. The lowest BCUT2D eigenvalue weighted by Gasteiger charge is -2.17. The van der Waals surface area contributed by atoms with Gasteiger partial charge in [-0.1, -0.05) is 30.3 Å². The quantitative estimate of drug-likeness (QED) is 0.835. The van der Waals surface area contributed by atoms with Gasteiger partial charge in [-0.05, 0) is 30.0 Å². The van der Waals surface area contributed by atoms with Gasteiger partial charge < -0.3 is 10.1 Å². The molecule has 0 aliphatic carbocycles. The maximum Gasteiger partial charge on any atom is 0.249 e. The first-order chi connectivity index (χ1) is 9.16. The van der Waals surface area contributed by atoms with Crippen LogP contribution in [0.4, 0.5) is 0 Å². The molecule has 0 saturated carbocycles. The average Bonchev–Trinajstić information content (AvgIpc) is 2.93. The summed E-state index contributed by atoms with van der Waals surface area (Å²) in [5.74, 6) is -0.257. The Balaban J connectivity index is 1.96. The Morgan fingerprint density at radius 2 is 2.11 bits per heavy atom. The molecular weight excluding hydrogens is 266 g/mol. The molecule has 1 aromatic carbocycles. The second-order valence-corrected chi connectivity index (χ2v) is 4.93. The molecule has 102 valence electrons. The molecular formula is C14H16ClNO3. The first-order valence-corrected chi connectivity index (χ1v) is 6.70. The summed E-state index contributed by atoms with van der Waals surface area (Å²) in [6, 6.07) is 8.74. The van der Waals surface area contributed by atoms with Crippen LogP contribution in [0.1, 0.15) is 18.4 Å². The van der Waals surface area contributed by atoms with Crippen molar-refractivity contribution in [3.8, 4) is 0 Å². The summed E-state index contributed by atoms with van der Waals surface area (Å²) < 4.78 is 5.28. The summed E-state index contributed by atoms with van der Waals surface area (Å²) in [7, 11) is 0. The van der Waals surface area contributed by atoms with Crippen molar-refractivity contribution in [2.24, 2.45) is 0 Å². The molecule has 5 heteroatoms. The first kappa shape index (κ1) is 14.0. The Labute approximate surface area is 117 Å². The number of carbonyl (C=O) groups is 2. The third-order valence-corrected chi connectivity index (χ3v) is 3.36. The highest BCUT2D eigenvalue weighted by molar-refractivity contribution is 6.64. The average molecular weight is 282 g/mol. The van der Waals surface area contributed by atoms with Crippen LogP contribution in [0.25, 0.3) is 0 Å². The highest BCUT2D eigenvalue weighted by Crippen LogP contribution is 2.13. The number of ether oxygens (including phenoxy) is 1. The second kappa shape index (κ2) is 6.68. The molecule has 1 aliphatic rings. The fraction of sp³-hybridized carbons (Fsp3) is 0.429. The van der Waals surface area contributed by atoms with Crippen molar-refractivity contribution in [2.45, 2.75) is 31.4 Å². The van der Waals surface area contributed by atoms with Crippen molar-refractivity contribution in [2.75, 3.05) is 6.61 Å². The van der Waals surface area contributed by atoms with E-state index in [4.69, 9.17) is 16.3 Å². The number of hydrogen-bond acceptors (Lipinski definition) is 3. The van der Waals surface area contributed by atoms with Gasteiger partial charge in [0, 0.05) is 13.0 Å². The van der Waals surface area contributed by atoms with E-state index in [-0.39, 0.29) is 5.91 Å². The zero-order valence-corrected chi connectivity index (χ0v) is 11.2. The van der Waals surface area contributed by atoms with Gasteiger partial charge in [-0.25, -0.2) is 0 Å². The Bertz CT molecular complexity index is 443. The summed E-state index contributed by atoms with van der Waals surface area (Å²) in [4.78, 5) is 23.3. The van der Waals surface area contributed by atoms with Crippen LogP contribution in [0.15, 0.2) is 30.3 Å². The van der Waals surface area contributed by atoms with Crippen molar-refractivity contribution in [3.63, 3.8) is 0 Å².